The van der Waals surface area contributed by atoms with Crippen LogP contribution in [0.3, 0.4) is 0 Å². The van der Waals surface area contributed by atoms with Crippen molar-refractivity contribution in [3.8, 4) is 11.5 Å². The average Bonchev–Trinajstić information content (AvgIpc) is 2.86. The van der Waals surface area contributed by atoms with Crippen LogP contribution in [0.2, 0.25) is 0 Å². The van der Waals surface area contributed by atoms with Crippen molar-refractivity contribution in [2.45, 2.75) is 51.0 Å². The summed E-state index contributed by atoms with van der Waals surface area (Å²) in [6.07, 6.45) is 0. The minimum Gasteiger partial charge on any atom is -0.497 e. The molecule has 0 radical (unpaired) electrons. The monoisotopic (exact) mass is 524 g/mol. The number of amides is 1. The van der Waals surface area contributed by atoms with Crippen LogP contribution in [0.4, 0.5) is 5.69 Å². The smallest absolute Gasteiger partial charge is 0.264 e. The normalized spacial score (nSPS) is 12.5. The minimum atomic E-state index is -4.09. The molecule has 1 N–H and O–H groups in total. The molecule has 3 rings (SSSR count). The van der Waals surface area contributed by atoms with Crippen LogP contribution >= 0.6 is 0 Å². The summed E-state index contributed by atoms with van der Waals surface area (Å²) in [6, 6.07) is 19.1. The summed E-state index contributed by atoms with van der Waals surface area (Å²) >= 11 is 0. The van der Waals surface area contributed by atoms with Gasteiger partial charge >= 0.3 is 0 Å². The molecule has 3 aromatic rings. The fraction of sp³-hybridized carbons (Fsp3) is 0.345. The van der Waals surface area contributed by atoms with Gasteiger partial charge in [-0.2, -0.15) is 0 Å². The maximum Gasteiger partial charge on any atom is 0.264 e. The molecule has 0 saturated carbocycles. The Labute approximate surface area is 220 Å². The van der Waals surface area contributed by atoms with Crippen LogP contribution in [0.5, 0.6) is 11.5 Å². The highest BCUT2D eigenvalue weighted by molar-refractivity contribution is 7.92. The summed E-state index contributed by atoms with van der Waals surface area (Å²) in [7, 11) is -1.13. The van der Waals surface area contributed by atoms with E-state index >= 15 is 0 Å². The minimum absolute atomic E-state index is 0.0211. The predicted molar refractivity (Wildman–Crippen MR) is 147 cm³/mol. The molecule has 3 aromatic carbocycles. The van der Waals surface area contributed by atoms with E-state index in [0.717, 1.165) is 15.4 Å². The second-order valence-electron chi connectivity index (χ2n) is 10.0. The van der Waals surface area contributed by atoms with E-state index in [-0.39, 0.29) is 27.8 Å². The second-order valence-corrected chi connectivity index (χ2v) is 11.9. The summed E-state index contributed by atoms with van der Waals surface area (Å²) in [6.45, 7) is 9.75. The van der Waals surface area contributed by atoms with Crippen LogP contribution in [0.25, 0.3) is 0 Å². The van der Waals surface area contributed by atoms with Crippen molar-refractivity contribution < 1.29 is 22.7 Å². The Morgan fingerprint density at radius 2 is 1.57 bits per heavy atom. The van der Waals surface area contributed by atoms with Gasteiger partial charge in [-0.25, -0.2) is 8.42 Å². The van der Waals surface area contributed by atoms with Gasteiger partial charge in [0.1, 0.15) is 18.0 Å². The molecular formula is C29H36N2O5S. The van der Waals surface area contributed by atoms with Crippen molar-refractivity contribution in [3.63, 3.8) is 0 Å². The fourth-order valence-corrected chi connectivity index (χ4v) is 5.33. The van der Waals surface area contributed by atoms with E-state index < -0.39 is 22.5 Å². The first-order chi connectivity index (χ1) is 17.4. The van der Waals surface area contributed by atoms with Crippen molar-refractivity contribution in [2.24, 2.45) is 0 Å². The zero-order valence-corrected chi connectivity index (χ0v) is 23.3. The van der Waals surface area contributed by atoms with Gasteiger partial charge in [0.15, 0.2) is 0 Å². The van der Waals surface area contributed by atoms with Crippen LogP contribution < -0.4 is 19.1 Å². The topological polar surface area (TPSA) is 84.9 Å². The van der Waals surface area contributed by atoms with Gasteiger partial charge in [-0.05, 0) is 54.7 Å². The number of nitrogens with zero attached hydrogens (tertiary/aromatic N) is 1. The summed E-state index contributed by atoms with van der Waals surface area (Å²) < 4.78 is 39.3. The quantitative estimate of drug-likeness (QED) is 0.406. The lowest BCUT2D eigenvalue weighted by Gasteiger charge is -2.27. The Balaban J connectivity index is 1.93. The molecule has 0 fully saturated rings. The summed E-state index contributed by atoms with van der Waals surface area (Å²) in [5.41, 5.74) is 3.30. The van der Waals surface area contributed by atoms with Crippen molar-refractivity contribution in [1.82, 2.24) is 5.32 Å². The van der Waals surface area contributed by atoms with E-state index in [1.54, 1.807) is 30.3 Å². The van der Waals surface area contributed by atoms with Gasteiger partial charge in [0, 0.05) is 6.07 Å². The largest absolute Gasteiger partial charge is 0.497 e. The van der Waals surface area contributed by atoms with Gasteiger partial charge < -0.3 is 14.8 Å². The highest BCUT2D eigenvalue weighted by Crippen LogP contribution is 2.35. The van der Waals surface area contributed by atoms with E-state index in [1.165, 1.54) is 31.9 Å². The number of nitrogens with one attached hydrogen (secondary N) is 1. The summed E-state index contributed by atoms with van der Waals surface area (Å²) in [5.74, 6) is 0.333. The van der Waals surface area contributed by atoms with E-state index in [2.05, 4.69) is 26.1 Å². The molecule has 0 aromatic heterocycles. The maximum atomic E-state index is 13.7. The first-order valence-corrected chi connectivity index (χ1v) is 13.5. The number of anilines is 1. The van der Waals surface area contributed by atoms with Crippen LogP contribution in [-0.4, -0.2) is 35.1 Å². The Kier molecular flexibility index (Phi) is 8.53. The number of benzene rings is 3. The van der Waals surface area contributed by atoms with E-state index in [9.17, 15) is 13.2 Å². The molecule has 1 atom stereocenters. The lowest BCUT2D eigenvalue weighted by molar-refractivity contribution is -0.120. The van der Waals surface area contributed by atoms with Crippen LogP contribution in [0, 0.1) is 6.92 Å². The number of hydrogen-bond acceptors (Lipinski definition) is 5. The third-order valence-corrected chi connectivity index (χ3v) is 7.98. The highest BCUT2D eigenvalue weighted by Gasteiger charge is 2.30. The van der Waals surface area contributed by atoms with Crippen LogP contribution in [-0.2, 0) is 20.2 Å². The molecule has 7 nitrogen and oxygen atoms in total. The van der Waals surface area contributed by atoms with Gasteiger partial charge in [-0.15, -0.1) is 0 Å². The SMILES string of the molecule is COc1ccc(N(CC(=O)NC(C)c2ccc(C(C)(C)C)cc2)S(=O)(=O)c2ccc(C)cc2)c(OC)c1. The molecule has 0 heterocycles. The zero-order chi connectivity index (χ0) is 27.4. The third-order valence-electron chi connectivity index (χ3n) is 6.21. The number of methoxy groups -OCH3 is 2. The number of carbonyl (C=O) groups is 1. The van der Waals surface area contributed by atoms with Gasteiger partial charge in [0.05, 0.1) is 30.8 Å². The molecule has 0 aliphatic carbocycles. The molecule has 37 heavy (non-hydrogen) atoms. The molecular weight excluding hydrogens is 488 g/mol. The Morgan fingerprint density at radius 3 is 2.11 bits per heavy atom. The van der Waals surface area contributed by atoms with Gasteiger partial charge in [0.25, 0.3) is 10.0 Å². The number of ether oxygens (including phenoxy) is 2. The molecule has 8 heteroatoms. The molecule has 0 aliphatic rings. The van der Waals surface area contributed by atoms with E-state index in [0.29, 0.717) is 5.75 Å². The third kappa shape index (κ3) is 6.63. The average molecular weight is 525 g/mol. The van der Waals surface area contributed by atoms with E-state index in [4.69, 9.17) is 9.47 Å². The number of rotatable bonds is 9. The lowest BCUT2D eigenvalue weighted by Crippen LogP contribution is -2.41. The lowest BCUT2D eigenvalue weighted by atomic mass is 9.86. The van der Waals surface area contributed by atoms with Gasteiger partial charge in [-0.1, -0.05) is 62.7 Å². The van der Waals surface area contributed by atoms with Gasteiger partial charge in [0.2, 0.25) is 5.91 Å². The Hall–Kier alpha value is -3.52. The zero-order valence-electron chi connectivity index (χ0n) is 22.5. The molecule has 0 saturated heterocycles. The standard InChI is InChI=1S/C29H36N2O5S/c1-20-8-15-25(16-9-20)37(33,34)31(26-17-14-24(35-6)18-27(26)36-7)19-28(32)30-21(2)22-10-12-23(13-11-22)29(3,4)5/h8-18,21H,19H2,1-7H3,(H,30,32). The predicted octanol–water partition coefficient (Wildman–Crippen LogP) is 5.38. The van der Waals surface area contributed by atoms with Crippen LogP contribution in [0.1, 0.15) is 50.4 Å². The fourth-order valence-electron chi connectivity index (χ4n) is 3.90. The Morgan fingerprint density at radius 1 is 0.946 bits per heavy atom. The summed E-state index contributed by atoms with van der Waals surface area (Å²) in [5, 5.41) is 2.94. The van der Waals surface area contributed by atoms with Crippen molar-refractivity contribution >= 4 is 21.6 Å². The molecule has 198 valence electrons. The second kappa shape index (κ2) is 11.3. The molecule has 0 bridgehead atoms. The molecule has 0 aliphatic heterocycles. The molecule has 1 amide bonds. The number of aryl methyl sites for hydroxylation is 1. The molecule has 0 spiro atoms. The molecule has 1 unspecified atom stereocenters. The first-order valence-electron chi connectivity index (χ1n) is 12.1. The van der Waals surface area contributed by atoms with Crippen molar-refractivity contribution in [1.29, 1.82) is 0 Å². The van der Waals surface area contributed by atoms with Crippen molar-refractivity contribution in [3.05, 3.63) is 83.4 Å². The van der Waals surface area contributed by atoms with Crippen LogP contribution in [0.15, 0.2) is 71.6 Å². The number of hydrogen-bond donors (Lipinski definition) is 1. The van der Waals surface area contributed by atoms with Crippen molar-refractivity contribution in [2.75, 3.05) is 25.1 Å². The number of carbonyl (C=O) groups excluding carboxylic acids is 1. The van der Waals surface area contributed by atoms with Gasteiger partial charge in [-0.3, -0.25) is 9.10 Å². The van der Waals surface area contributed by atoms with E-state index in [1.807, 2.05) is 38.1 Å². The summed E-state index contributed by atoms with van der Waals surface area (Å²) in [4.78, 5) is 13.3. The first kappa shape index (κ1) is 28.1. The Bertz CT molecular complexity index is 1330. The number of sulfonamides is 1. The highest BCUT2D eigenvalue weighted by atomic mass is 32.2. The maximum absolute atomic E-state index is 13.7.